The van der Waals surface area contributed by atoms with Crippen molar-refractivity contribution in [3.05, 3.63) is 42.3 Å². The second-order valence-corrected chi connectivity index (χ2v) is 7.25. The lowest BCUT2D eigenvalue weighted by atomic mass is 10.0. The molecule has 0 aliphatic carbocycles. The Kier molecular flexibility index (Phi) is 4.29. The molecule has 2 aromatic heterocycles. The van der Waals surface area contributed by atoms with Crippen molar-refractivity contribution in [2.75, 3.05) is 13.1 Å². The molecule has 4 rings (SSSR count). The Morgan fingerprint density at radius 1 is 1.20 bits per heavy atom. The van der Waals surface area contributed by atoms with Gasteiger partial charge in [0.25, 0.3) is 0 Å². The molecule has 1 aliphatic heterocycles. The molecule has 1 aliphatic rings. The highest BCUT2D eigenvalue weighted by Crippen LogP contribution is 2.30. The van der Waals surface area contributed by atoms with Gasteiger partial charge in [0.05, 0.1) is 23.4 Å². The van der Waals surface area contributed by atoms with Crippen LogP contribution in [-0.2, 0) is 0 Å². The molecule has 25 heavy (non-hydrogen) atoms. The van der Waals surface area contributed by atoms with Gasteiger partial charge in [-0.2, -0.15) is 4.98 Å². The Balaban J connectivity index is 1.54. The van der Waals surface area contributed by atoms with Gasteiger partial charge in [-0.1, -0.05) is 31.1 Å². The monoisotopic (exact) mass is 339 g/mol. The third-order valence-corrected chi connectivity index (χ3v) is 5.18. The summed E-state index contributed by atoms with van der Waals surface area (Å²) in [5.74, 6) is 1.80. The Hall–Kier alpha value is -2.21. The normalized spacial score (nSPS) is 20.4. The minimum absolute atomic E-state index is 0.137. The van der Waals surface area contributed by atoms with E-state index in [1.807, 2.05) is 12.4 Å². The van der Waals surface area contributed by atoms with Crippen LogP contribution in [0.5, 0.6) is 0 Å². The van der Waals surface area contributed by atoms with Crippen molar-refractivity contribution in [1.82, 2.24) is 24.6 Å². The van der Waals surface area contributed by atoms with Gasteiger partial charge in [0.1, 0.15) is 0 Å². The fraction of sp³-hybridized carbons (Fsp3) is 0.526. The quantitative estimate of drug-likeness (QED) is 0.720. The lowest BCUT2D eigenvalue weighted by Crippen LogP contribution is -2.38. The number of piperidine rings is 1. The first-order valence-corrected chi connectivity index (χ1v) is 9.12. The molecule has 0 bridgehead atoms. The zero-order chi connectivity index (χ0) is 17.4. The first-order valence-electron chi connectivity index (χ1n) is 9.12. The van der Waals surface area contributed by atoms with E-state index in [0.29, 0.717) is 6.04 Å². The molecule has 3 aromatic rings. The van der Waals surface area contributed by atoms with Crippen LogP contribution in [0.2, 0.25) is 0 Å². The van der Waals surface area contributed by atoms with E-state index in [4.69, 9.17) is 4.52 Å². The predicted octanol–water partition coefficient (Wildman–Crippen LogP) is 3.94. The highest BCUT2D eigenvalue weighted by molar-refractivity contribution is 5.75. The van der Waals surface area contributed by atoms with Crippen molar-refractivity contribution in [3.63, 3.8) is 0 Å². The number of benzene rings is 1. The van der Waals surface area contributed by atoms with Gasteiger partial charge in [-0.25, -0.2) is 4.98 Å². The van der Waals surface area contributed by atoms with E-state index in [1.54, 1.807) is 0 Å². The van der Waals surface area contributed by atoms with Crippen molar-refractivity contribution in [2.45, 2.75) is 51.6 Å². The molecule has 1 aromatic carbocycles. The molecule has 2 unspecified atom stereocenters. The van der Waals surface area contributed by atoms with E-state index in [-0.39, 0.29) is 12.0 Å². The smallest absolute Gasteiger partial charge is 0.243 e. The van der Waals surface area contributed by atoms with Gasteiger partial charge in [0.15, 0.2) is 5.82 Å². The zero-order valence-electron chi connectivity index (χ0n) is 15.1. The summed E-state index contributed by atoms with van der Waals surface area (Å²) in [5, 5.41) is 4.11. The van der Waals surface area contributed by atoms with Crippen LogP contribution in [0.25, 0.3) is 11.0 Å². The third-order valence-electron chi connectivity index (χ3n) is 5.18. The van der Waals surface area contributed by atoms with Gasteiger partial charge in [0.2, 0.25) is 5.89 Å². The molecule has 2 atom stereocenters. The highest BCUT2D eigenvalue weighted by Gasteiger charge is 2.29. The van der Waals surface area contributed by atoms with Gasteiger partial charge < -0.3 is 9.09 Å². The molecular formula is C19H25N5O. The van der Waals surface area contributed by atoms with Gasteiger partial charge in [0, 0.05) is 18.5 Å². The summed E-state index contributed by atoms with van der Waals surface area (Å²) in [7, 11) is 0. The van der Waals surface area contributed by atoms with E-state index in [0.717, 1.165) is 36.7 Å². The fourth-order valence-electron chi connectivity index (χ4n) is 3.64. The minimum atomic E-state index is 0.137. The van der Waals surface area contributed by atoms with Crippen LogP contribution in [0.15, 0.2) is 35.1 Å². The van der Waals surface area contributed by atoms with E-state index in [1.165, 1.54) is 11.9 Å². The van der Waals surface area contributed by atoms with Crippen LogP contribution in [0.4, 0.5) is 0 Å². The van der Waals surface area contributed by atoms with E-state index >= 15 is 0 Å². The summed E-state index contributed by atoms with van der Waals surface area (Å²) in [5.41, 5.74) is 2.27. The summed E-state index contributed by atoms with van der Waals surface area (Å²) in [6.45, 7) is 8.36. The van der Waals surface area contributed by atoms with Gasteiger partial charge >= 0.3 is 0 Å². The maximum Gasteiger partial charge on any atom is 0.243 e. The number of fused-ring (bicyclic) bond motifs is 1. The first-order chi connectivity index (χ1) is 12.1. The van der Waals surface area contributed by atoms with Crippen LogP contribution in [-0.4, -0.2) is 37.7 Å². The number of aromatic nitrogens is 4. The summed E-state index contributed by atoms with van der Waals surface area (Å²) in [6, 6.07) is 8.90. The summed E-state index contributed by atoms with van der Waals surface area (Å²) < 4.78 is 7.84. The maximum absolute atomic E-state index is 5.52. The minimum Gasteiger partial charge on any atom is -0.338 e. The van der Waals surface area contributed by atoms with Crippen LogP contribution < -0.4 is 0 Å². The Bertz CT molecular complexity index is 852. The number of nitrogens with zero attached hydrogens (tertiary/aromatic N) is 5. The highest BCUT2D eigenvalue weighted by atomic mass is 16.5. The number of para-hydroxylation sites is 2. The van der Waals surface area contributed by atoms with Crippen molar-refractivity contribution in [1.29, 1.82) is 0 Å². The molecule has 0 N–H and O–H groups in total. The van der Waals surface area contributed by atoms with E-state index < -0.39 is 0 Å². The summed E-state index contributed by atoms with van der Waals surface area (Å²) >= 11 is 0. The second kappa shape index (κ2) is 6.59. The Morgan fingerprint density at radius 3 is 2.84 bits per heavy atom. The van der Waals surface area contributed by atoms with Crippen LogP contribution in [0, 0.1) is 0 Å². The van der Waals surface area contributed by atoms with Crippen molar-refractivity contribution < 1.29 is 4.52 Å². The van der Waals surface area contributed by atoms with Crippen molar-refractivity contribution in [2.24, 2.45) is 0 Å². The molecule has 6 heteroatoms. The first kappa shape index (κ1) is 16.3. The lowest BCUT2D eigenvalue weighted by molar-refractivity contribution is 0.115. The fourth-order valence-corrected chi connectivity index (χ4v) is 3.64. The average molecular weight is 339 g/mol. The topological polar surface area (TPSA) is 60.0 Å². The van der Waals surface area contributed by atoms with Crippen LogP contribution >= 0.6 is 0 Å². The van der Waals surface area contributed by atoms with Crippen molar-refractivity contribution >= 4 is 11.0 Å². The molecule has 0 saturated carbocycles. The maximum atomic E-state index is 5.52. The molecule has 0 amide bonds. The molecule has 0 spiro atoms. The number of rotatable bonds is 4. The third kappa shape index (κ3) is 3.06. The van der Waals surface area contributed by atoms with Gasteiger partial charge in [-0.3, -0.25) is 4.90 Å². The van der Waals surface area contributed by atoms with Crippen LogP contribution in [0.1, 0.15) is 63.3 Å². The number of likely N-dealkylation sites (tertiary alicyclic amines) is 1. The molecular weight excluding hydrogens is 314 g/mol. The lowest BCUT2D eigenvalue weighted by Gasteiger charge is -2.36. The molecule has 1 fully saturated rings. The van der Waals surface area contributed by atoms with Crippen molar-refractivity contribution in [3.8, 4) is 0 Å². The van der Waals surface area contributed by atoms with Gasteiger partial charge in [-0.15, -0.1) is 0 Å². The number of hydrogen-bond acceptors (Lipinski definition) is 5. The van der Waals surface area contributed by atoms with E-state index in [2.05, 4.69) is 63.6 Å². The second-order valence-electron chi connectivity index (χ2n) is 7.25. The SMILES string of the molecule is CC(C)c1noc(C(C)N2CCCC(n3cnc4ccccc43)C2)n1. The standard InChI is InChI=1S/C19H25N5O/c1-13(2)18-21-19(25-22-18)14(3)23-10-6-7-15(11-23)24-12-20-16-8-4-5-9-17(16)24/h4-5,8-9,12-15H,6-7,10-11H2,1-3H3. The Morgan fingerprint density at radius 2 is 2.04 bits per heavy atom. The molecule has 6 nitrogen and oxygen atoms in total. The van der Waals surface area contributed by atoms with E-state index in [9.17, 15) is 0 Å². The number of hydrogen-bond donors (Lipinski definition) is 0. The summed E-state index contributed by atoms with van der Waals surface area (Å²) in [6.07, 6.45) is 4.31. The molecule has 0 radical (unpaired) electrons. The summed E-state index contributed by atoms with van der Waals surface area (Å²) in [4.78, 5) is 11.6. The molecule has 3 heterocycles. The molecule has 1 saturated heterocycles. The van der Waals surface area contributed by atoms with Gasteiger partial charge in [-0.05, 0) is 38.4 Å². The predicted molar refractivity (Wildman–Crippen MR) is 96.4 cm³/mol. The number of imidazole rings is 1. The largest absolute Gasteiger partial charge is 0.338 e. The van der Waals surface area contributed by atoms with Crippen LogP contribution in [0.3, 0.4) is 0 Å². The average Bonchev–Trinajstić information content (AvgIpc) is 3.28. The Labute approximate surface area is 147 Å². The molecule has 132 valence electrons. The zero-order valence-corrected chi connectivity index (χ0v) is 15.1.